The Balaban J connectivity index is 1.65. The number of aromatic nitrogens is 4. The molecule has 0 aliphatic heterocycles. The second kappa shape index (κ2) is 8.73. The molecule has 0 aliphatic carbocycles. The SMILES string of the molecule is Cc1nnc(NCCSc2nonc2C(N)=Nc2ccc(F)c(C(F)F)c2)o1. The molecule has 3 aromatic rings. The molecule has 13 heteroatoms. The monoisotopic (exact) mass is 413 g/mol. The lowest BCUT2D eigenvalue weighted by molar-refractivity contribution is 0.146. The third-order valence-corrected chi connectivity index (χ3v) is 4.26. The molecule has 2 aromatic heterocycles. The van der Waals surface area contributed by atoms with Crippen LogP contribution in [-0.4, -0.2) is 38.6 Å². The first-order chi connectivity index (χ1) is 13.4. The molecular weight excluding hydrogens is 399 g/mol. The highest BCUT2D eigenvalue weighted by Gasteiger charge is 2.17. The van der Waals surface area contributed by atoms with E-state index in [1.165, 1.54) is 17.8 Å². The van der Waals surface area contributed by atoms with Crippen molar-refractivity contribution in [3.8, 4) is 0 Å². The average molecular weight is 413 g/mol. The van der Waals surface area contributed by atoms with Gasteiger partial charge in [-0.25, -0.2) is 22.8 Å². The van der Waals surface area contributed by atoms with Crippen LogP contribution in [-0.2, 0) is 0 Å². The van der Waals surface area contributed by atoms with Gasteiger partial charge in [0.1, 0.15) is 5.82 Å². The predicted molar refractivity (Wildman–Crippen MR) is 94.3 cm³/mol. The molecule has 9 nitrogen and oxygen atoms in total. The number of hydrogen-bond donors (Lipinski definition) is 2. The van der Waals surface area contributed by atoms with Crippen LogP contribution in [0.4, 0.5) is 24.9 Å². The Kier molecular flexibility index (Phi) is 6.13. The van der Waals surface area contributed by atoms with E-state index in [-0.39, 0.29) is 17.2 Å². The summed E-state index contributed by atoms with van der Waals surface area (Å²) in [6, 6.07) is 3.34. The van der Waals surface area contributed by atoms with Crippen molar-refractivity contribution < 1.29 is 22.2 Å². The molecule has 0 atom stereocenters. The van der Waals surface area contributed by atoms with Crippen molar-refractivity contribution in [1.82, 2.24) is 20.5 Å². The lowest BCUT2D eigenvalue weighted by Gasteiger charge is -2.04. The summed E-state index contributed by atoms with van der Waals surface area (Å²) in [6.07, 6.45) is -2.97. The van der Waals surface area contributed by atoms with E-state index < -0.39 is 17.8 Å². The number of halogens is 3. The average Bonchev–Trinajstić information content (AvgIpc) is 3.29. The lowest BCUT2D eigenvalue weighted by atomic mass is 10.2. The smallest absolute Gasteiger partial charge is 0.315 e. The van der Waals surface area contributed by atoms with E-state index in [0.29, 0.717) is 29.2 Å². The summed E-state index contributed by atoms with van der Waals surface area (Å²) in [5, 5.41) is 18.2. The fraction of sp³-hybridized carbons (Fsp3) is 0.267. The van der Waals surface area contributed by atoms with E-state index in [0.717, 1.165) is 12.1 Å². The van der Waals surface area contributed by atoms with Gasteiger partial charge in [0.15, 0.2) is 16.6 Å². The van der Waals surface area contributed by atoms with Crippen LogP contribution < -0.4 is 11.1 Å². The van der Waals surface area contributed by atoms with Gasteiger partial charge < -0.3 is 15.5 Å². The molecule has 0 saturated carbocycles. The third-order valence-electron chi connectivity index (χ3n) is 3.31. The molecule has 28 heavy (non-hydrogen) atoms. The zero-order valence-corrected chi connectivity index (χ0v) is 15.2. The van der Waals surface area contributed by atoms with Gasteiger partial charge in [0.05, 0.1) is 11.3 Å². The zero-order valence-electron chi connectivity index (χ0n) is 14.4. The second-order valence-corrected chi connectivity index (χ2v) is 6.41. The maximum atomic E-state index is 13.4. The van der Waals surface area contributed by atoms with E-state index in [2.05, 4.69) is 35.4 Å². The Hall–Kier alpha value is -3.09. The van der Waals surface area contributed by atoms with Crippen molar-refractivity contribution >= 4 is 29.3 Å². The molecule has 148 valence electrons. The number of aryl methyl sites for hydroxylation is 1. The summed E-state index contributed by atoms with van der Waals surface area (Å²) >= 11 is 1.27. The van der Waals surface area contributed by atoms with E-state index in [9.17, 15) is 13.2 Å². The summed E-state index contributed by atoms with van der Waals surface area (Å²) in [5.74, 6) is -0.146. The number of anilines is 1. The summed E-state index contributed by atoms with van der Waals surface area (Å²) in [5.41, 5.74) is 5.33. The van der Waals surface area contributed by atoms with E-state index >= 15 is 0 Å². The molecule has 0 bridgehead atoms. The molecule has 1 aromatic carbocycles. The van der Waals surface area contributed by atoms with E-state index in [4.69, 9.17) is 10.2 Å². The standard InChI is InChI=1S/C15H14F3N7O2S/c1-7-22-23-15(26-7)20-4-5-28-14-11(24-27-25-14)13(19)21-8-2-3-10(16)9(6-8)12(17)18/h2-3,6,12H,4-5H2,1H3,(H2,19,21)(H,20,23). The van der Waals surface area contributed by atoms with Crippen molar-refractivity contribution in [2.45, 2.75) is 18.4 Å². The van der Waals surface area contributed by atoms with Gasteiger partial charge in [-0.2, -0.15) is 0 Å². The number of nitrogens with two attached hydrogens (primary N) is 1. The fourth-order valence-electron chi connectivity index (χ4n) is 2.07. The van der Waals surface area contributed by atoms with Crippen LogP contribution in [0.1, 0.15) is 23.6 Å². The minimum Gasteiger partial charge on any atom is -0.408 e. The number of aliphatic imine (C=N–C) groups is 1. The number of hydrogen-bond acceptors (Lipinski definition) is 9. The molecule has 0 amide bonds. The van der Waals surface area contributed by atoms with E-state index in [1.807, 2.05) is 0 Å². The van der Waals surface area contributed by atoms with Gasteiger partial charge in [-0.3, -0.25) is 0 Å². The van der Waals surface area contributed by atoms with Crippen molar-refractivity contribution in [2.24, 2.45) is 10.7 Å². The van der Waals surface area contributed by atoms with E-state index in [1.54, 1.807) is 6.92 Å². The topological polar surface area (TPSA) is 128 Å². The van der Waals surface area contributed by atoms with Crippen LogP contribution >= 0.6 is 11.8 Å². The van der Waals surface area contributed by atoms with Crippen LogP contribution in [0, 0.1) is 12.7 Å². The Bertz CT molecular complexity index is 976. The first-order valence-corrected chi connectivity index (χ1v) is 8.84. The number of nitrogens with one attached hydrogen (secondary N) is 1. The third kappa shape index (κ3) is 4.79. The summed E-state index contributed by atoms with van der Waals surface area (Å²) in [4.78, 5) is 3.99. The van der Waals surface area contributed by atoms with Crippen LogP contribution in [0.15, 0.2) is 37.3 Å². The van der Waals surface area contributed by atoms with Crippen LogP contribution in [0.2, 0.25) is 0 Å². The van der Waals surface area contributed by atoms with Gasteiger partial charge in [0.25, 0.3) is 6.43 Å². The zero-order chi connectivity index (χ0) is 20.1. The van der Waals surface area contributed by atoms with Crippen LogP contribution in [0.5, 0.6) is 0 Å². The number of rotatable bonds is 8. The maximum absolute atomic E-state index is 13.4. The molecule has 0 spiro atoms. The molecule has 0 saturated heterocycles. The first kappa shape index (κ1) is 19.7. The molecular formula is C15H14F3N7O2S. The van der Waals surface area contributed by atoms with Gasteiger partial charge in [-0.05, 0) is 28.5 Å². The second-order valence-electron chi connectivity index (χ2n) is 5.32. The van der Waals surface area contributed by atoms with Crippen LogP contribution in [0.25, 0.3) is 0 Å². The molecule has 0 fully saturated rings. The number of nitrogens with zero attached hydrogens (tertiary/aromatic N) is 5. The maximum Gasteiger partial charge on any atom is 0.315 e. The molecule has 3 N–H and O–H groups in total. The lowest BCUT2D eigenvalue weighted by Crippen LogP contribution is -2.15. The highest BCUT2D eigenvalue weighted by Crippen LogP contribution is 2.27. The van der Waals surface area contributed by atoms with Crippen molar-refractivity contribution in [3.05, 3.63) is 41.2 Å². The number of thioether (sulfide) groups is 1. The van der Waals surface area contributed by atoms with Gasteiger partial charge in [0.2, 0.25) is 5.89 Å². The van der Waals surface area contributed by atoms with Crippen molar-refractivity contribution in [3.63, 3.8) is 0 Å². The molecule has 0 unspecified atom stereocenters. The normalized spacial score (nSPS) is 12.0. The Morgan fingerprint density at radius 1 is 1.32 bits per heavy atom. The Morgan fingerprint density at radius 2 is 2.14 bits per heavy atom. The fourth-order valence-corrected chi connectivity index (χ4v) is 2.83. The highest BCUT2D eigenvalue weighted by atomic mass is 32.2. The minimum absolute atomic E-state index is 0.0570. The minimum atomic E-state index is -2.97. The number of amidine groups is 1. The number of alkyl halides is 2. The number of benzene rings is 1. The molecule has 0 aliphatic rings. The molecule has 0 radical (unpaired) electrons. The van der Waals surface area contributed by atoms with Gasteiger partial charge in [-0.15, -0.1) is 5.10 Å². The van der Waals surface area contributed by atoms with Crippen molar-refractivity contribution in [2.75, 3.05) is 17.6 Å². The highest BCUT2D eigenvalue weighted by molar-refractivity contribution is 7.99. The van der Waals surface area contributed by atoms with Gasteiger partial charge in [-0.1, -0.05) is 16.9 Å². The predicted octanol–water partition coefficient (Wildman–Crippen LogP) is 3.08. The molecule has 3 rings (SSSR count). The van der Waals surface area contributed by atoms with Crippen molar-refractivity contribution in [1.29, 1.82) is 0 Å². The first-order valence-electron chi connectivity index (χ1n) is 7.85. The summed E-state index contributed by atoms with van der Waals surface area (Å²) in [7, 11) is 0. The van der Waals surface area contributed by atoms with Gasteiger partial charge in [0, 0.05) is 19.2 Å². The largest absolute Gasteiger partial charge is 0.408 e. The van der Waals surface area contributed by atoms with Crippen LogP contribution in [0.3, 0.4) is 0 Å². The van der Waals surface area contributed by atoms with Gasteiger partial charge >= 0.3 is 6.01 Å². The Morgan fingerprint density at radius 3 is 2.86 bits per heavy atom. The summed E-state index contributed by atoms with van der Waals surface area (Å²) in [6.45, 7) is 2.15. The quantitative estimate of drug-likeness (QED) is 0.248. The summed E-state index contributed by atoms with van der Waals surface area (Å²) < 4.78 is 48.8. The molecule has 2 heterocycles. The Labute approximate surface area is 160 Å².